The highest BCUT2D eigenvalue weighted by Crippen LogP contribution is 2.57. The molecule has 0 aliphatic heterocycles. The quantitative estimate of drug-likeness (QED) is 0.856. The average Bonchev–Trinajstić information content (AvgIpc) is 3.30. The van der Waals surface area contributed by atoms with Gasteiger partial charge in [0.05, 0.1) is 6.04 Å². The van der Waals surface area contributed by atoms with Crippen LogP contribution in [0, 0.1) is 0 Å². The molecule has 2 aliphatic carbocycles. The van der Waals surface area contributed by atoms with E-state index in [0.29, 0.717) is 11.6 Å². The van der Waals surface area contributed by atoms with Gasteiger partial charge in [-0.3, -0.25) is 9.79 Å². The fourth-order valence-electron chi connectivity index (χ4n) is 3.94. The summed E-state index contributed by atoms with van der Waals surface area (Å²) in [6.45, 7) is 3.74. The van der Waals surface area contributed by atoms with Gasteiger partial charge in [-0.25, -0.2) is 0 Å². The number of aryl methyl sites for hydroxylation is 1. The van der Waals surface area contributed by atoms with Crippen LogP contribution in [0.25, 0.3) is 0 Å². The normalized spacial score (nSPS) is 24.8. The number of fused-ring (bicyclic) bond motifs is 2. The van der Waals surface area contributed by atoms with Crippen molar-refractivity contribution in [3.8, 4) is 0 Å². The van der Waals surface area contributed by atoms with Gasteiger partial charge in [-0.1, -0.05) is 24.3 Å². The van der Waals surface area contributed by atoms with Crippen LogP contribution in [0.15, 0.2) is 53.5 Å². The lowest BCUT2D eigenvalue weighted by Crippen LogP contribution is -2.20. The van der Waals surface area contributed by atoms with Crippen LogP contribution in [0.4, 0.5) is 5.69 Å². The minimum atomic E-state index is -0.0652. The Hall–Kier alpha value is -2.42. The van der Waals surface area contributed by atoms with Crippen molar-refractivity contribution in [3.63, 3.8) is 0 Å². The Kier molecular flexibility index (Phi) is 3.29. The number of aliphatic imine (C=N–C) groups is 1. The fourth-order valence-corrected chi connectivity index (χ4v) is 3.94. The Morgan fingerprint density at radius 1 is 1.22 bits per heavy atom. The summed E-state index contributed by atoms with van der Waals surface area (Å²) in [5.74, 6) is -0.0652. The minimum Gasteiger partial charge on any atom is -0.322 e. The van der Waals surface area contributed by atoms with E-state index in [1.807, 2.05) is 36.4 Å². The second-order valence-electron chi connectivity index (χ2n) is 6.60. The minimum absolute atomic E-state index is 0.0652. The van der Waals surface area contributed by atoms with Crippen LogP contribution in [0.1, 0.15) is 40.7 Å². The molecule has 2 aliphatic rings. The highest BCUT2D eigenvalue weighted by molar-refractivity contribution is 6.04. The maximum atomic E-state index is 12.3. The van der Waals surface area contributed by atoms with Crippen molar-refractivity contribution < 1.29 is 4.79 Å². The first-order chi connectivity index (χ1) is 11.2. The van der Waals surface area contributed by atoms with Crippen molar-refractivity contribution in [1.82, 2.24) is 0 Å². The molecular formula is C20H20N2O. The molecule has 0 bridgehead atoms. The molecule has 3 heteroatoms. The summed E-state index contributed by atoms with van der Waals surface area (Å²) in [5, 5.41) is 3.02. The lowest BCUT2D eigenvalue weighted by molar-refractivity contribution is 0.102. The predicted molar refractivity (Wildman–Crippen MR) is 93.4 cm³/mol. The summed E-state index contributed by atoms with van der Waals surface area (Å²) in [4.78, 5) is 16.6. The molecule has 116 valence electrons. The smallest absolute Gasteiger partial charge is 0.255 e. The summed E-state index contributed by atoms with van der Waals surface area (Å²) in [7, 11) is 0. The van der Waals surface area contributed by atoms with Gasteiger partial charge in [0.2, 0.25) is 0 Å². The SMILES string of the molecule is C=NC1CC12CCCc1ccc(NC(=O)c3ccccc3)cc12. The van der Waals surface area contributed by atoms with Gasteiger partial charge in [-0.15, -0.1) is 0 Å². The number of nitrogens with zero attached hydrogens (tertiary/aromatic N) is 1. The average molecular weight is 304 g/mol. The molecule has 2 unspecified atom stereocenters. The third kappa shape index (κ3) is 2.37. The van der Waals surface area contributed by atoms with Crippen molar-refractivity contribution in [3.05, 3.63) is 65.2 Å². The fraction of sp³-hybridized carbons (Fsp3) is 0.300. The van der Waals surface area contributed by atoms with Crippen LogP contribution < -0.4 is 5.32 Å². The number of amides is 1. The number of carbonyl (C=O) groups is 1. The van der Waals surface area contributed by atoms with Crippen LogP contribution in [0.3, 0.4) is 0 Å². The molecule has 1 N–H and O–H groups in total. The number of rotatable bonds is 3. The number of carbonyl (C=O) groups excluding carboxylic acids is 1. The van der Waals surface area contributed by atoms with E-state index in [4.69, 9.17) is 0 Å². The number of nitrogens with one attached hydrogen (secondary N) is 1. The Morgan fingerprint density at radius 2 is 2.04 bits per heavy atom. The van der Waals surface area contributed by atoms with Crippen molar-refractivity contribution in [2.24, 2.45) is 4.99 Å². The number of benzene rings is 2. The molecular weight excluding hydrogens is 284 g/mol. The molecule has 2 aromatic carbocycles. The topological polar surface area (TPSA) is 41.5 Å². The highest BCUT2D eigenvalue weighted by atomic mass is 16.1. The molecule has 2 atom stereocenters. The first-order valence-corrected chi connectivity index (χ1v) is 8.18. The first-order valence-electron chi connectivity index (χ1n) is 8.18. The summed E-state index contributed by atoms with van der Waals surface area (Å²) >= 11 is 0. The number of hydrogen-bond acceptors (Lipinski definition) is 2. The zero-order valence-electron chi connectivity index (χ0n) is 13.1. The van der Waals surface area contributed by atoms with E-state index in [2.05, 4.69) is 29.2 Å². The van der Waals surface area contributed by atoms with Gasteiger partial charge in [-0.05, 0) is 67.8 Å². The van der Waals surface area contributed by atoms with E-state index in [9.17, 15) is 4.79 Å². The summed E-state index contributed by atoms with van der Waals surface area (Å²) in [6, 6.07) is 16.0. The Labute approximate surface area is 136 Å². The van der Waals surface area contributed by atoms with Crippen LogP contribution in [0.2, 0.25) is 0 Å². The predicted octanol–water partition coefficient (Wildman–Crippen LogP) is 3.99. The van der Waals surface area contributed by atoms with Gasteiger partial charge < -0.3 is 5.32 Å². The molecule has 1 saturated carbocycles. The molecule has 1 amide bonds. The summed E-state index contributed by atoms with van der Waals surface area (Å²) in [6.07, 6.45) is 4.61. The van der Waals surface area contributed by atoms with Crippen LogP contribution in [-0.2, 0) is 11.8 Å². The molecule has 0 heterocycles. The van der Waals surface area contributed by atoms with Gasteiger partial charge >= 0.3 is 0 Å². The van der Waals surface area contributed by atoms with E-state index in [0.717, 1.165) is 18.5 Å². The maximum absolute atomic E-state index is 12.3. The van der Waals surface area contributed by atoms with E-state index in [1.165, 1.54) is 24.0 Å². The van der Waals surface area contributed by atoms with Crippen molar-refractivity contribution in [2.45, 2.75) is 37.1 Å². The summed E-state index contributed by atoms with van der Waals surface area (Å²) in [5.41, 5.74) is 4.50. The van der Waals surface area contributed by atoms with Gasteiger partial charge in [0.25, 0.3) is 5.91 Å². The van der Waals surface area contributed by atoms with Crippen molar-refractivity contribution in [2.75, 3.05) is 5.32 Å². The van der Waals surface area contributed by atoms with Crippen LogP contribution in [-0.4, -0.2) is 18.7 Å². The maximum Gasteiger partial charge on any atom is 0.255 e. The van der Waals surface area contributed by atoms with Gasteiger partial charge in [0.15, 0.2) is 0 Å². The lowest BCUT2D eigenvalue weighted by atomic mass is 9.79. The molecule has 23 heavy (non-hydrogen) atoms. The van der Waals surface area contributed by atoms with Gasteiger partial charge in [0.1, 0.15) is 0 Å². The molecule has 3 nitrogen and oxygen atoms in total. The third-order valence-corrected chi connectivity index (χ3v) is 5.26. The van der Waals surface area contributed by atoms with Crippen molar-refractivity contribution >= 4 is 18.3 Å². The zero-order chi connectivity index (χ0) is 15.9. The van der Waals surface area contributed by atoms with E-state index < -0.39 is 0 Å². The molecule has 0 aromatic heterocycles. The summed E-state index contributed by atoms with van der Waals surface area (Å²) < 4.78 is 0. The Morgan fingerprint density at radius 3 is 2.78 bits per heavy atom. The monoisotopic (exact) mass is 304 g/mol. The standard InChI is InChI=1S/C20H20N2O/c1-21-18-13-20(18)11-5-8-14-9-10-16(12-17(14)20)22-19(23)15-6-3-2-4-7-15/h2-4,6-7,9-10,12,18H,1,5,8,11,13H2,(H,22,23). The van der Waals surface area contributed by atoms with E-state index in [-0.39, 0.29) is 11.3 Å². The van der Waals surface area contributed by atoms with Crippen LogP contribution >= 0.6 is 0 Å². The molecule has 0 saturated heterocycles. The largest absolute Gasteiger partial charge is 0.322 e. The molecule has 2 aromatic rings. The lowest BCUT2D eigenvalue weighted by Gasteiger charge is -2.26. The Bertz CT molecular complexity index is 768. The van der Waals surface area contributed by atoms with Crippen LogP contribution in [0.5, 0.6) is 0 Å². The van der Waals surface area contributed by atoms with Crippen molar-refractivity contribution in [1.29, 1.82) is 0 Å². The highest BCUT2D eigenvalue weighted by Gasteiger charge is 2.56. The molecule has 1 spiro atoms. The Balaban J connectivity index is 1.62. The molecule has 0 radical (unpaired) electrons. The van der Waals surface area contributed by atoms with Gasteiger partial charge in [0, 0.05) is 16.7 Å². The zero-order valence-corrected chi connectivity index (χ0v) is 13.1. The first kappa shape index (κ1) is 14.2. The van der Waals surface area contributed by atoms with E-state index in [1.54, 1.807) is 0 Å². The van der Waals surface area contributed by atoms with E-state index >= 15 is 0 Å². The molecule has 4 rings (SSSR count). The number of anilines is 1. The number of hydrogen-bond donors (Lipinski definition) is 1. The second-order valence-corrected chi connectivity index (χ2v) is 6.60. The second kappa shape index (κ2) is 5.34. The van der Waals surface area contributed by atoms with Gasteiger partial charge in [-0.2, -0.15) is 0 Å². The molecule has 1 fully saturated rings. The third-order valence-electron chi connectivity index (χ3n) is 5.26.